The van der Waals surface area contributed by atoms with Gasteiger partial charge in [0.25, 0.3) is 0 Å². The number of aromatic nitrogens is 1. The molecule has 4 heteroatoms. The van der Waals surface area contributed by atoms with Crippen molar-refractivity contribution in [1.82, 2.24) is 9.88 Å². The molecule has 0 amide bonds. The van der Waals surface area contributed by atoms with Crippen molar-refractivity contribution >= 4 is 11.1 Å². The Morgan fingerprint density at radius 2 is 2.27 bits per heavy atom. The summed E-state index contributed by atoms with van der Waals surface area (Å²) < 4.78 is 6.78. The monoisotopic (exact) mass is 206 g/mol. The first kappa shape index (κ1) is 9.98. The van der Waals surface area contributed by atoms with E-state index in [-0.39, 0.29) is 5.76 Å². The second-order valence-corrected chi connectivity index (χ2v) is 3.44. The Bertz CT molecular complexity index is 525. The molecule has 1 aromatic heterocycles. The van der Waals surface area contributed by atoms with E-state index >= 15 is 0 Å². The zero-order valence-corrected chi connectivity index (χ0v) is 8.91. The van der Waals surface area contributed by atoms with Gasteiger partial charge < -0.3 is 9.73 Å². The number of aryl methyl sites for hydroxylation is 1. The van der Waals surface area contributed by atoms with Crippen LogP contribution in [0.2, 0.25) is 0 Å². The van der Waals surface area contributed by atoms with Gasteiger partial charge in [-0.25, -0.2) is 4.79 Å². The van der Waals surface area contributed by atoms with Crippen LogP contribution >= 0.6 is 0 Å². The lowest BCUT2D eigenvalue weighted by atomic mass is 10.2. The third-order valence-corrected chi connectivity index (χ3v) is 2.43. The van der Waals surface area contributed by atoms with E-state index in [2.05, 4.69) is 5.32 Å². The molecule has 0 aliphatic carbocycles. The summed E-state index contributed by atoms with van der Waals surface area (Å²) in [4.78, 5) is 11.4. The third-order valence-electron chi connectivity index (χ3n) is 2.43. The first-order valence-corrected chi connectivity index (χ1v) is 5.03. The van der Waals surface area contributed by atoms with Gasteiger partial charge in [-0.05, 0) is 31.7 Å². The predicted octanol–water partition coefficient (Wildman–Crippen LogP) is 1.33. The Hall–Kier alpha value is -1.55. The van der Waals surface area contributed by atoms with Crippen LogP contribution in [0.25, 0.3) is 11.1 Å². The number of rotatable bonds is 3. The maximum absolute atomic E-state index is 11.4. The maximum atomic E-state index is 11.4. The van der Waals surface area contributed by atoms with Crippen LogP contribution in [0.4, 0.5) is 0 Å². The van der Waals surface area contributed by atoms with Gasteiger partial charge in [0.05, 0.1) is 5.52 Å². The highest BCUT2D eigenvalue weighted by Crippen LogP contribution is 2.14. The molecule has 0 atom stereocenters. The van der Waals surface area contributed by atoms with Crippen molar-refractivity contribution in [1.29, 1.82) is 0 Å². The molecule has 0 fully saturated rings. The molecule has 4 nitrogen and oxygen atoms in total. The fourth-order valence-corrected chi connectivity index (χ4v) is 1.72. The number of benzene rings is 1. The zero-order chi connectivity index (χ0) is 10.8. The van der Waals surface area contributed by atoms with E-state index in [1.807, 2.05) is 32.2 Å². The summed E-state index contributed by atoms with van der Waals surface area (Å²) in [6.45, 7) is 3.34. The Morgan fingerprint density at radius 1 is 1.47 bits per heavy atom. The predicted molar refractivity (Wildman–Crippen MR) is 58.9 cm³/mol. The highest BCUT2D eigenvalue weighted by atomic mass is 16.4. The summed E-state index contributed by atoms with van der Waals surface area (Å²) in [6.07, 6.45) is 0. The largest absolute Gasteiger partial charge is 0.419 e. The van der Waals surface area contributed by atoms with Crippen LogP contribution in [0.5, 0.6) is 0 Å². The van der Waals surface area contributed by atoms with E-state index < -0.39 is 0 Å². The normalized spacial score (nSPS) is 11.1. The number of hydrogen-bond donors (Lipinski definition) is 1. The number of oxazole rings is 1. The molecule has 0 bridgehead atoms. The number of nitrogens with one attached hydrogen (secondary N) is 1. The lowest BCUT2D eigenvalue weighted by molar-refractivity contribution is 0.513. The standard InChI is InChI=1S/C11H14N2O2/c1-3-13-9-5-4-8(7-12-2)6-10(9)15-11(13)14/h4-6,12H,3,7H2,1-2H3. The fourth-order valence-electron chi connectivity index (χ4n) is 1.72. The van der Waals surface area contributed by atoms with Crippen LogP contribution in [0.3, 0.4) is 0 Å². The summed E-state index contributed by atoms with van der Waals surface area (Å²) in [5.41, 5.74) is 2.64. The molecule has 15 heavy (non-hydrogen) atoms. The summed E-state index contributed by atoms with van der Waals surface area (Å²) >= 11 is 0. The van der Waals surface area contributed by atoms with Gasteiger partial charge >= 0.3 is 5.76 Å². The highest BCUT2D eigenvalue weighted by Gasteiger charge is 2.07. The fraction of sp³-hybridized carbons (Fsp3) is 0.364. The van der Waals surface area contributed by atoms with Gasteiger partial charge in [-0.15, -0.1) is 0 Å². The molecule has 1 heterocycles. The minimum absolute atomic E-state index is 0.283. The molecule has 1 aromatic carbocycles. The highest BCUT2D eigenvalue weighted by molar-refractivity contribution is 5.73. The quantitative estimate of drug-likeness (QED) is 0.824. The Morgan fingerprint density at radius 3 is 2.93 bits per heavy atom. The average Bonchev–Trinajstić information content (AvgIpc) is 2.53. The van der Waals surface area contributed by atoms with Crippen molar-refractivity contribution in [2.45, 2.75) is 20.0 Å². The van der Waals surface area contributed by atoms with E-state index in [0.29, 0.717) is 12.1 Å². The van der Waals surface area contributed by atoms with Crippen molar-refractivity contribution in [3.63, 3.8) is 0 Å². The topological polar surface area (TPSA) is 47.2 Å². The van der Waals surface area contributed by atoms with Crippen LogP contribution in [0.1, 0.15) is 12.5 Å². The summed E-state index contributed by atoms with van der Waals surface area (Å²) in [7, 11) is 1.89. The van der Waals surface area contributed by atoms with Crippen molar-refractivity contribution in [3.8, 4) is 0 Å². The SMILES string of the molecule is CCn1c(=O)oc2cc(CNC)ccc21. The van der Waals surface area contributed by atoms with Gasteiger partial charge in [0.15, 0.2) is 5.58 Å². The van der Waals surface area contributed by atoms with Crippen molar-refractivity contribution in [2.75, 3.05) is 7.05 Å². The molecule has 0 aliphatic heterocycles. The number of fused-ring (bicyclic) bond motifs is 1. The van der Waals surface area contributed by atoms with Gasteiger partial charge in [0, 0.05) is 13.1 Å². The third kappa shape index (κ3) is 1.68. The second-order valence-electron chi connectivity index (χ2n) is 3.44. The molecule has 0 saturated heterocycles. The van der Waals surface area contributed by atoms with E-state index in [4.69, 9.17) is 4.42 Å². The van der Waals surface area contributed by atoms with Crippen LogP contribution < -0.4 is 11.1 Å². The summed E-state index contributed by atoms with van der Waals surface area (Å²) in [6, 6.07) is 5.83. The van der Waals surface area contributed by atoms with Gasteiger partial charge in [0.1, 0.15) is 0 Å². The molecule has 0 radical (unpaired) electrons. The zero-order valence-electron chi connectivity index (χ0n) is 8.91. The Labute approximate surface area is 87.5 Å². The molecular formula is C11H14N2O2. The Balaban J connectivity index is 2.59. The van der Waals surface area contributed by atoms with Crippen LogP contribution in [-0.2, 0) is 13.1 Å². The van der Waals surface area contributed by atoms with Crippen LogP contribution in [-0.4, -0.2) is 11.6 Å². The molecule has 2 aromatic rings. The molecule has 2 rings (SSSR count). The molecule has 80 valence electrons. The van der Waals surface area contributed by atoms with E-state index in [1.165, 1.54) is 0 Å². The van der Waals surface area contributed by atoms with Gasteiger partial charge in [-0.2, -0.15) is 0 Å². The Kier molecular flexibility index (Phi) is 2.60. The van der Waals surface area contributed by atoms with E-state index in [0.717, 1.165) is 17.6 Å². The average molecular weight is 206 g/mol. The van der Waals surface area contributed by atoms with E-state index in [9.17, 15) is 4.79 Å². The molecular weight excluding hydrogens is 192 g/mol. The van der Waals surface area contributed by atoms with E-state index in [1.54, 1.807) is 4.57 Å². The minimum atomic E-state index is -0.283. The molecule has 0 aliphatic rings. The summed E-state index contributed by atoms with van der Waals surface area (Å²) in [5.74, 6) is -0.283. The lowest BCUT2D eigenvalue weighted by Crippen LogP contribution is -2.11. The smallest absolute Gasteiger partial charge is 0.408 e. The molecule has 0 spiro atoms. The van der Waals surface area contributed by atoms with Crippen molar-refractivity contribution < 1.29 is 4.42 Å². The lowest BCUT2D eigenvalue weighted by Gasteiger charge is -1.99. The van der Waals surface area contributed by atoms with Gasteiger partial charge in [0.2, 0.25) is 0 Å². The minimum Gasteiger partial charge on any atom is -0.408 e. The van der Waals surface area contributed by atoms with Crippen molar-refractivity contribution in [3.05, 3.63) is 34.3 Å². The molecule has 1 N–H and O–H groups in total. The van der Waals surface area contributed by atoms with Crippen molar-refractivity contribution in [2.24, 2.45) is 0 Å². The van der Waals surface area contributed by atoms with Gasteiger partial charge in [-0.1, -0.05) is 6.07 Å². The maximum Gasteiger partial charge on any atom is 0.419 e. The second kappa shape index (κ2) is 3.90. The molecule has 0 unspecified atom stereocenters. The first-order chi connectivity index (χ1) is 7.26. The number of hydrogen-bond acceptors (Lipinski definition) is 3. The van der Waals surface area contributed by atoms with Gasteiger partial charge in [-0.3, -0.25) is 4.57 Å². The summed E-state index contributed by atoms with van der Waals surface area (Å²) in [5, 5.41) is 3.06. The number of nitrogens with zero attached hydrogens (tertiary/aromatic N) is 1. The molecule has 0 saturated carbocycles. The first-order valence-electron chi connectivity index (χ1n) is 5.03. The van der Waals surface area contributed by atoms with Crippen LogP contribution in [0, 0.1) is 0 Å². The van der Waals surface area contributed by atoms with Crippen LogP contribution in [0.15, 0.2) is 27.4 Å².